The quantitative estimate of drug-likeness (QED) is 0.438. The van der Waals surface area contributed by atoms with E-state index in [1.807, 2.05) is 20.8 Å². The van der Waals surface area contributed by atoms with Crippen molar-refractivity contribution in [3.8, 4) is 0 Å². The van der Waals surface area contributed by atoms with Gasteiger partial charge in [0.05, 0.1) is 6.61 Å². The topological polar surface area (TPSA) is 26.3 Å². The Balaban J connectivity index is 4.00. The van der Waals surface area contributed by atoms with Gasteiger partial charge in [0, 0.05) is 6.42 Å². The number of rotatable bonds is 10. The molecular weight excluding hydrogens is 270 g/mol. The van der Waals surface area contributed by atoms with Gasteiger partial charge in [-0.2, -0.15) is 0 Å². The molecule has 5 heteroatoms. The van der Waals surface area contributed by atoms with Crippen LogP contribution in [0.15, 0.2) is 0 Å². The largest absolute Gasteiger partial charge is 0.465 e. The molecule has 0 aromatic carbocycles. The van der Waals surface area contributed by atoms with Crippen LogP contribution in [0.5, 0.6) is 0 Å². The third-order valence-electron chi connectivity index (χ3n) is 2.45. The molecule has 1 atom stereocenters. The molecule has 0 rings (SSSR count). The van der Waals surface area contributed by atoms with Gasteiger partial charge in [0.25, 0.3) is 0 Å². The molecule has 0 N–H and O–H groups in total. The average molecular weight is 296 g/mol. The number of halogens is 2. The second kappa shape index (κ2) is 9.56. The first kappa shape index (κ1) is 18.7. The van der Waals surface area contributed by atoms with Crippen molar-refractivity contribution >= 4 is 17.7 Å². The van der Waals surface area contributed by atoms with Gasteiger partial charge in [0.1, 0.15) is 5.25 Å². The highest BCUT2D eigenvalue weighted by molar-refractivity contribution is 8.00. The van der Waals surface area contributed by atoms with Gasteiger partial charge >= 0.3 is 5.97 Å². The molecule has 114 valence electrons. The first-order valence-corrected chi connectivity index (χ1v) is 7.97. The predicted molar refractivity (Wildman–Crippen MR) is 76.8 cm³/mol. The molecule has 0 aliphatic carbocycles. The van der Waals surface area contributed by atoms with Crippen molar-refractivity contribution in [3.63, 3.8) is 0 Å². The fourth-order valence-electron chi connectivity index (χ4n) is 1.48. The van der Waals surface area contributed by atoms with E-state index in [1.54, 1.807) is 0 Å². The van der Waals surface area contributed by atoms with Gasteiger partial charge in [0.15, 0.2) is 0 Å². The smallest absolute Gasteiger partial charge is 0.319 e. The number of alkyl halides is 2. The summed E-state index contributed by atoms with van der Waals surface area (Å²) in [4.78, 5) is 11.8. The zero-order valence-electron chi connectivity index (χ0n) is 12.4. The van der Waals surface area contributed by atoms with Crippen molar-refractivity contribution in [2.75, 3.05) is 12.4 Å². The van der Waals surface area contributed by atoms with Crippen molar-refractivity contribution in [2.45, 2.75) is 64.6 Å². The number of esters is 1. The second-order valence-electron chi connectivity index (χ2n) is 5.35. The third-order valence-corrected chi connectivity index (χ3v) is 3.81. The summed E-state index contributed by atoms with van der Waals surface area (Å²) < 4.78 is 30.5. The van der Waals surface area contributed by atoms with E-state index < -0.39 is 5.92 Å². The number of hydrogen-bond acceptors (Lipinski definition) is 3. The average Bonchev–Trinajstić information content (AvgIpc) is 2.28. The SMILES string of the molecule is CCCC(SCCCC(C)(F)F)C(=O)OCC(C)C. The summed E-state index contributed by atoms with van der Waals surface area (Å²) in [5.74, 6) is -1.93. The molecule has 0 radical (unpaired) electrons. The molecule has 0 heterocycles. The third kappa shape index (κ3) is 11.2. The summed E-state index contributed by atoms with van der Waals surface area (Å²) in [6.45, 7) is 7.32. The van der Waals surface area contributed by atoms with Crippen LogP contribution in [0.25, 0.3) is 0 Å². The minimum Gasteiger partial charge on any atom is -0.465 e. The van der Waals surface area contributed by atoms with Crippen molar-refractivity contribution in [3.05, 3.63) is 0 Å². The lowest BCUT2D eigenvalue weighted by molar-refractivity contribution is -0.144. The highest BCUT2D eigenvalue weighted by Crippen LogP contribution is 2.24. The minimum atomic E-state index is -2.61. The van der Waals surface area contributed by atoms with Gasteiger partial charge in [-0.05, 0) is 31.4 Å². The van der Waals surface area contributed by atoms with Gasteiger partial charge in [-0.1, -0.05) is 27.2 Å². The van der Waals surface area contributed by atoms with Crippen LogP contribution in [-0.4, -0.2) is 29.5 Å². The van der Waals surface area contributed by atoms with Gasteiger partial charge in [-0.3, -0.25) is 4.79 Å². The van der Waals surface area contributed by atoms with E-state index in [9.17, 15) is 13.6 Å². The molecule has 0 saturated heterocycles. The summed E-state index contributed by atoms with van der Waals surface area (Å²) in [7, 11) is 0. The highest BCUT2D eigenvalue weighted by atomic mass is 32.2. The first-order chi connectivity index (χ1) is 8.76. The Morgan fingerprint density at radius 2 is 2.00 bits per heavy atom. The number of carbonyl (C=O) groups is 1. The molecule has 0 spiro atoms. The van der Waals surface area contributed by atoms with Crippen molar-refractivity contribution < 1.29 is 18.3 Å². The molecular formula is C14H26F2O2S. The molecule has 0 amide bonds. The zero-order chi connectivity index (χ0) is 14.9. The summed E-state index contributed by atoms with van der Waals surface area (Å²) in [6, 6.07) is 0. The monoisotopic (exact) mass is 296 g/mol. The van der Waals surface area contributed by atoms with Crippen molar-refractivity contribution in [1.82, 2.24) is 0 Å². The van der Waals surface area contributed by atoms with Gasteiger partial charge in [0.2, 0.25) is 5.92 Å². The Morgan fingerprint density at radius 1 is 1.37 bits per heavy atom. The molecule has 0 bridgehead atoms. The predicted octanol–water partition coefficient (Wildman–Crippen LogP) is 4.52. The van der Waals surface area contributed by atoms with E-state index in [-0.39, 0.29) is 17.6 Å². The number of ether oxygens (including phenoxy) is 1. The lowest BCUT2D eigenvalue weighted by Gasteiger charge is -2.16. The Labute approximate surface area is 119 Å². The maximum absolute atomic E-state index is 12.7. The van der Waals surface area contributed by atoms with Crippen LogP contribution in [0.4, 0.5) is 8.78 Å². The molecule has 0 aromatic rings. The lowest BCUT2D eigenvalue weighted by Crippen LogP contribution is -2.22. The highest BCUT2D eigenvalue weighted by Gasteiger charge is 2.22. The standard InChI is InChI=1S/C14H26F2O2S/c1-5-7-12(13(17)18-10-11(2)3)19-9-6-8-14(4,15)16/h11-12H,5-10H2,1-4H3. The fourth-order valence-corrected chi connectivity index (χ4v) is 2.68. The van der Waals surface area contributed by atoms with Gasteiger partial charge in [-0.25, -0.2) is 8.78 Å². The Morgan fingerprint density at radius 3 is 2.47 bits per heavy atom. The van der Waals surface area contributed by atoms with E-state index in [4.69, 9.17) is 4.74 Å². The normalized spacial score (nSPS) is 13.6. The van der Waals surface area contributed by atoms with Crippen LogP contribution in [0.2, 0.25) is 0 Å². The molecule has 1 unspecified atom stereocenters. The van der Waals surface area contributed by atoms with Gasteiger partial charge < -0.3 is 4.74 Å². The molecule has 0 aromatic heterocycles. The molecule has 0 aliphatic rings. The van der Waals surface area contributed by atoms with E-state index in [0.717, 1.165) is 19.8 Å². The molecule has 19 heavy (non-hydrogen) atoms. The second-order valence-corrected chi connectivity index (χ2v) is 6.66. The Bertz CT molecular complexity index is 252. The van der Waals surface area contributed by atoms with Crippen LogP contribution in [0, 0.1) is 5.92 Å². The maximum atomic E-state index is 12.7. The maximum Gasteiger partial charge on any atom is 0.319 e. The number of hydrogen-bond donors (Lipinski definition) is 0. The van der Waals surface area contributed by atoms with Crippen LogP contribution >= 0.6 is 11.8 Å². The summed E-state index contributed by atoms with van der Waals surface area (Å²) >= 11 is 1.44. The molecule has 0 saturated carbocycles. The Hall–Kier alpha value is -0.320. The van der Waals surface area contributed by atoms with Crippen LogP contribution < -0.4 is 0 Å². The van der Waals surface area contributed by atoms with Crippen LogP contribution in [-0.2, 0) is 9.53 Å². The fraction of sp³-hybridized carbons (Fsp3) is 0.929. The summed E-state index contributed by atoms with van der Waals surface area (Å²) in [5.41, 5.74) is 0. The zero-order valence-corrected chi connectivity index (χ0v) is 13.2. The molecule has 2 nitrogen and oxygen atoms in total. The van der Waals surface area contributed by atoms with E-state index >= 15 is 0 Å². The van der Waals surface area contributed by atoms with E-state index in [0.29, 0.717) is 24.7 Å². The Kier molecular flexibility index (Phi) is 9.40. The molecule has 0 fully saturated rings. The summed E-state index contributed by atoms with van der Waals surface area (Å²) in [5, 5.41) is -0.214. The molecule has 0 aliphatic heterocycles. The van der Waals surface area contributed by atoms with Crippen LogP contribution in [0.3, 0.4) is 0 Å². The van der Waals surface area contributed by atoms with Crippen molar-refractivity contribution in [2.24, 2.45) is 5.92 Å². The minimum absolute atomic E-state index is 0.125. The van der Waals surface area contributed by atoms with E-state index in [2.05, 4.69) is 0 Å². The van der Waals surface area contributed by atoms with Gasteiger partial charge in [-0.15, -0.1) is 11.8 Å². The van der Waals surface area contributed by atoms with E-state index in [1.165, 1.54) is 11.8 Å². The summed E-state index contributed by atoms with van der Waals surface area (Å²) in [6.07, 6.45) is 1.92. The lowest BCUT2D eigenvalue weighted by atomic mass is 10.2. The van der Waals surface area contributed by atoms with Crippen molar-refractivity contribution in [1.29, 1.82) is 0 Å². The first-order valence-electron chi connectivity index (χ1n) is 6.92. The number of carbonyl (C=O) groups excluding carboxylic acids is 1. The van der Waals surface area contributed by atoms with Crippen LogP contribution in [0.1, 0.15) is 53.4 Å². The number of thioether (sulfide) groups is 1.